The van der Waals surface area contributed by atoms with Crippen LogP contribution in [0.1, 0.15) is 21.5 Å². The van der Waals surface area contributed by atoms with Gasteiger partial charge in [-0.05, 0) is 23.3 Å². The molecule has 1 fully saturated rings. The van der Waals surface area contributed by atoms with Crippen LogP contribution >= 0.6 is 0 Å². The molecule has 1 saturated heterocycles. The lowest BCUT2D eigenvalue weighted by Crippen LogP contribution is -2.45. The minimum Gasteiger partial charge on any atom is -0.459 e. The molecule has 0 spiro atoms. The second-order valence-electron chi connectivity index (χ2n) is 8.82. The summed E-state index contributed by atoms with van der Waals surface area (Å²) in [6.45, 7) is -0.169. The maximum atomic E-state index is 12.5. The van der Waals surface area contributed by atoms with Gasteiger partial charge in [-0.25, -0.2) is 4.79 Å². The van der Waals surface area contributed by atoms with E-state index in [9.17, 15) is 18.3 Å². The molecule has 1 aliphatic rings. The maximum Gasteiger partial charge on any atom is 0.338 e. The second kappa shape index (κ2) is 13.1. The number of benzene rings is 3. The van der Waals surface area contributed by atoms with Crippen LogP contribution in [0.25, 0.3) is 0 Å². The molecular weight excluding hydrogens is 512 g/mol. The van der Waals surface area contributed by atoms with Crippen LogP contribution in [0.2, 0.25) is 0 Å². The lowest BCUT2D eigenvalue weighted by Gasteiger charge is -2.28. The van der Waals surface area contributed by atoms with Gasteiger partial charge in [0.15, 0.2) is 6.29 Å². The third-order valence-corrected chi connectivity index (χ3v) is 6.45. The van der Waals surface area contributed by atoms with Crippen LogP contribution < -0.4 is 0 Å². The molecule has 5 atom stereocenters. The van der Waals surface area contributed by atoms with Crippen molar-refractivity contribution in [2.75, 3.05) is 12.9 Å². The fourth-order valence-electron chi connectivity index (χ4n) is 4.08. The Labute approximate surface area is 222 Å². The summed E-state index contributed by atoms with van der Waals surface area (Å²) in [7, 11) is -4.00. The van der Waals surface area contributed by atoms with Crippen molar-refractivity contribution in [1.29, 1.82) is 0 Å². The number of aliphatic hydroxyl groups is 1. The summed E-state index contributed by atoms with van der Waals surface area (Å²) in [6.07, 6.45) is -4.92. The van der Waals surface area contributed by atoms with E-state index in [0.29, 0.717) is 5.56 Å². The predicted molar refractivity (Wildman–Crippen MR) is 137 cm³/mol. The number of hydrogen-bond donors (Lipinski definition) is 1. The zero-order valence-electron chi connectivity index (χ0n) is 20.8. The van der Waals surface area contributed by atoms with Crippen molar-refractivity contribution in [3.8, 4) is 0 Å². The molecule has 0 amide bonds. The van der Waals surface area contributed by atoms with E-state index < -0.39 is 53.4 Å². The molecule has 202 valence electrons. The van der Waals surface area contributed by atoms with E-state index in [1.807, 2.05) is 60.7 Å². The lowest BCUT2D eigenvalue weighted by molar-refractivity contribution is -0.158. The van der Waals surface area contributed by atoms with Crippen LogP contribution in [0.15, 0.2) is 91.0 Å². The highest BCUT2D eigenvalue weighted by atomic mass is 32.2. The summed E-state index contributed by atoms with van der Waals surface area (Å²) in [6, 6.07) is 26.9. The molecule has 0 bridgehead atoms. The van der Waals surface area contributed by atoms with Gasteiger partial charge in [0.25, 0.3) is 10.1 Å². The number of hydrogen-bond acceptors (Lipinski definition) is 9. The topological polar surface area (TPSA) is 118 Å². The molecule has 38 heavy (non-hydrogen) atoms. The van der Waals surface area contributed by atoms with Crippen molar-refractivity contribution in [3.63, 3.8) is 0 Å². The Balaban J connectivity index is 1.54. The van der Waals surface area contributed by atoms with Crippen LogP contribution in [0, 0.1) is 0 Å². The molecule has 3 aromatic rings. The van der Waals surface area contributed by atoms with Crippen LogP contribution in [-0.2, 0) is 46.5 Å². The Hall–Kier alpha value is -3.12. The second-order valence-corrected chi connectivity index (χ2v) is 10.4. The van der Waals surface area contributed by atoms with Gasteiger partial charge in [-0.2, -0.15) is 8.42 Å². The highest BCUT2D eigenvalue weighted by Gasteiger charge is 2.50. The van der Waals surface area contributed by atoms with Gasteiger partial charge in [0.05, 0.1) is 25.0 Å². The molecule has 1 heterocycles. The normalized spacial score (nSPS) is 22.2. The van der Waals surface area contributed by atoms with Crippen molar-refractivity contribution in [1.82, 2.24) is 0 Å². The Bertz CT molecular complexity index is 1250. The van der Waals surface area contributed by atoms with Gasteiger partial charge in [-0.1, -0.05) is 78.9 Å². The average molecular weight is 543 g/mol. The summed E-state index contributed by atoms with van der Waals surface area (Å²) < 4.78 is 52.8. The number of carbonyl (C=O) groups excluding carboxylic acids is 1. The van der Waals surface area contributed by atoms with Crippen LogP contribution in [0.5, 0.6) is 0 Å². The molecular formula is C28H30O9S. The van der Waals surface area contributed by atoms with Gasteiger partial charge < -0.3 is 24.1 Å². The Morgan fingerprint density at radius 2 is 1.34 bits per heavy atom. The number of rotatable bonds is 12. The molecule has 9 nitrogen and oxygen atoms in total. The Morgan fingerprint density at radius 1 is 0.842 bits per heavy atom. The summed E-state index contributed by atoms with van der Waals surface area (Å²) in [5, 5.41) is 10.8. The standard InChI is InChI=1S/C28H30O9S/c1-38(31,32)37-23(19-35-27(29)22-15-9-4-10-16-22)24-25(33-17-20-11-5-2-6-12-20)26(28(30)36-24)34-18-21-13-7-3-8-14-21/h2-16,23-26,28,30H,17-19H2,1H3/t23-,24+,25+,26?,28+/m0/s1. The highest BCUT2D eigenvalue weighted by molar-refractivity contribution is 7.86. The van der Waals surface area contributed by atoms with Gasteiger partial charge in [0.1, 0.15) is 31.0 Å². The summed E-state index contributed by atoms with van der Waals surface area (Å²) in [5.41, 5.74) is 2.01. The van der Waals surface area contributed by atoms with E-state index in [2.05, 4.69) is 0 Å². The maximum absolute atomic E-state index is 12.5. The summed E-state index contributed by atoms with van der Waals surface area (Å²) in [5.74, 6) is -0.662. The zero-order valence-corrected chi connectivity index (χ0v) is 21.6. The molecule has 4 rings (SSSR count). The quantitative estimate of drug-likeness (QED) is 0.272. The molecule has 1 N–H and O–H groups in total. The molecule has 0 aliphatic carbocycles. The molecule has 0 aromatic heterocycles. The first kappa shape index (κ1) is 27.9. The van der Waals surface area contributed by atoms with Gasteiger partial charge in [0.2, 0.25) is 0 Å². The SMILES string of the molecule is CS(=O)(=O)O[C@@H](COC(=O)c1ccccc1)[C@H]1O[C@@H](O)C(OCc2ccccc2)[C@@H]1OCc1ccccc1. The Morgan fingerprint density at radius 3 is 1.87 bits per heavy atom. The Kier molecular flexibility index (Phi) is 9.62. The van der Waals surface area contributed by atoms with Crippen LogP contribution in [0.4, 0.5) is 0 Å². The summed E-state index contributed by atoms with van der Waals surface area (Å²) in [4.78, 5) is 12.5. The first-order valence-electron chi connectivity index (χ1n) is 12.0. The van der Waals surface area contributed by atoms with Crippen molar-refractivity contribution in [2.24, 2.45) is 0 Å². The number of esters is 1. The summed E-state index contributed by atoms with van der Waals surface area (Å²) >= 11 is 0. The van der Waals surface area contributed by atoms with Gasteiger partial charge >= 0.3 is 5.97 Å². The highest BCUT2D eigenvalue weighted by Crippen LogP contribution is 2.31. The number of aliphatic hydroxyl groups excluding tert-OH is 1. The number of carbonyl (C=O) groups is 1. The largest absolute Gasteiger partial charge is 0.459 e. The molecule has 3 aromatic carbocycles. The fourth-order valence-corrected chi connectivity index (χ4v) is 4.70. The van der Waals surface area contributed by atoms with E-state index in [1.165, 1.54) is 0 Å². The van der Waals surface area contributed by atoms with Crippen LogP contribution in [-0.4, -0.2) is 63.1 Å². The molecule has 0 radical (unpaired) electrons. The third kappa shape index (κ3) is 7.94. The minimum absolute atomic E-state index is 0.138. The van der Waals surface area contributed by atoms with E-state index in [-0.39, 0.29) is 13.2 Å². The smallest absolute Gasteiger partial charge is 0.338 e. The van der Waals surface area contributed by atoms with Gasteiger partial charge in [-0.15, -0.1) is 0 Å². The van der Waals surface area contributed by atoms with Gasteiger partial charge in [0, 0.05) is 0 Å². The van der Waals surface area contributed by atoms with Crippen LogP contribution in [0.3, 0.4) is 0 Å². The fraction of sp³-hybridized carbons (Fsp3) is 0.321. The van der Waals surface area contributed by atoms with E-state index >= 15 is 0 Å². The van der Waals surface area contributed by atoms with Crippen molar-refractivity contribution >= 4 is 16.1 Å². The lowest BCUT2D eigenvalue weighted by atomic mass is 10.1. The van der Waals surface area contributed by atoms with Crippen molar-refractivity contribution < 1.29 is 41.4 Å². The monoisotopic (exact) mass is 542 g/mol. The predicted octanol–water partition coefficient (Wildman–Crippen LogP) is 3.08. The van der Waals surface area contributed by atoms with Gasteiger partial charge in [-0.3, -0.25) is 4.18 Å². The van der Waals surface area contributed by atoms with Crippen molar-refractivity contribution in [2.45, 2.75) is 43.9 Å². The first-order valence-corrected chi connectivity index (χ1v) is 13.9. The molecule has 0 saturated carbocycles. The van der Waals surface area contributed by atoms with E-state index in [1.54, 1.807) is 30.3 Å². The number of ether oxygens (including phenoxy) is 4. The van der Waals surface area contributed by atoms with Crippen molar-refractivity contribution in [3.05, 3.63) is 108 Å². The first-order chi connectivity index (χ1) is 18.3. The average Bonchev–Trinajstić information content (AvgIpc) is 3.24. The molecule has 10 heteroatoms. The minimum atomic E-state index is -4.00. The molecule has 1 aliphatic heterocycles. The molecule has 1 unspecified atom stereocenters. The van der Waals surface area contributed by atoms with E-state index in [4.69, 9.17) is 23.1 Å². The third-order valence-electron chi connectivity index (χ3n) is 5.85. The zero-order chi connectivity index (χ0) is 27.0. The van der Waals surface area contributed by atoms with E-state index in [0.717, 1.165) is 17.4 Å².